The van der Waals surface area contributed by atoms with Crippen LogP contribution in [0.4, 0.5) is 0 Å². The molecule has 0 aliphatic heterocycles. The average Bonchev–Trinajstić information content (AvgIpc) is 2.76. The summed E-state index contributed by atoms with van der Waals surface area (Å²) in [4.78, 5) is 1.22. The number of likely N-dealkylation sites (N-methyl/N-ethyl adjacent to an activating group) is 1. The molecule has 4 heteroatoms. The van der Waals surface area contributed by atoms with Crippen LogP contribution in [0.25, 0.3) is 0 Å². The molecule has 17 heavy (non-hydrogen) atoms. The third kappa shape index (κ3) is 4.05. The smallest absolute Gasteiger partial charge is 0.114 e. The summed E-state index contributed by atoms with van der Waals surface area (Å²) >= 11 is 1.82. The van der Waals surface area contributed by atoms with Crippen LogP contribution >= 0.6 is 11.8 Å². The molecule has 1 heterocycles. The fraction of sp³-hybridized carbons (Fsp3) is 0.692. The highest BCUT2D eigenvalue weighted by Crippen LogP contribution is 2.25. The van der Waals surface area contributed by atoms with Crippen LogP contribution in [0.2, 0.25) is 0 Å². The minimum Gasteiger partial charge on any atom is -0.468 e. The third-order valence-electron chi connectivity index (χ3n) is 3.38. The van der Waals surface area contributed by atoms with Crippen molar-refractivity contribution in [1.29, 1.82) is 0 Å². The standard InChI is InChI=1S/C13H23NO2S/c1-4-13(10-15,14-3)7-5-9-17-12-6-8-16-11(12)2/h6,8,14-15H,4-5,7,9-10H2,1-3H3. The van der Waals surface area contributed by atoms with Crippen molar-refractivity contribution in [2.75, 3.05) is 19.4 Å². The van der Waals surface area contributed by atoms with Gasteiger partial charge in [-0.1, -0.05) is 6.92 Å². The van der Waals surface area contributed by atoms with E-state index in [1.54, 1.807) is 6.26 Å². The van der Waals surface area contributed by atoms with Crippen LogP contribution < -0.4 is 5.32 Å². The zero-order valence-corrected chi connectivity index (χ0v) is 11.8. The van der Waals surface area contributed by atoms with Gasteiger partial charge in [-0.25, -0.2) is 0 Å². The van der Waals surface area contributed by atoms with E-state index in [0.29, 0.717) is 0 Å². The lowest BCUT2D eigenvalue weighted by atomic mass is 9.92. The van der Waals surface area contributed by atoms with Crippen molar-refractivity contribution in [3.05, 3.63) is 18.1 Å². The summed E-state index contributed by atoms with van der Waals surface area (Å²) in [7, 11) is 1.92. The number of thioether (sulfide) groups is 1. The van der Waals surface area contributed by atoms with E-state index >= 15 is 0 Å². The van der Waals surface area contributed by atoms with E-state index in [2.05, 4.69) is 12.2 Å². The largest absolute Gasteiger partial charge is 0.468 e. The molecular formula is C13H23NO2S. The number of furan rings is 1. The Labute approximate surface area is 108 Å². The van der Waals surface area contributed by atoms with Gasteiger partial charge in [-0.2, -0.15) is 0 Å². The molecule has 1 aromatic heterocycles. The summed E-state index contributed by atoms with van der Waals surface area (Å²) in [6.45, 7) is 4.30. The van der Waals surface area contributed by atoms with Crippen LogP contribution in [0.1, 0.15) is 31.9 Å². The van der Waals surface area contributed by atoms with Crippen molar-refractivity contribution >= 4 is 11.8 Å². The Bertz CT molecular complexity index is 313. The van der Waals surface area contributed by atoms with Crippen molar-refractivity contribution in [1.82, 2.24) is 5.32 Å². The van der Waals surface area contributed by atoms with E-state index in [1.807, 2.05) is 31.8 Å². The molecule has 0 fully saturated rings. The number of rotatable bonds is 8. The Balaban J connectivity index is 2.30. The van der Waals surface area contributed by atoms with Gasteiger partial charge in [0, 0.05) is 10.4 Å². The molecule has 0 radical (unpaired) electrons. The number of hydrogen-bond donors (Lipinski definition) is 2. The Morgan fingerprint density at radius 2 is 2.29 bits per heavy atom. The quantitative estimate of drug-likeness (QED) is 0.555. The molecule has 0 spiro atoms. The van der Waals surface area contributed by atoms with Crippen LogP contribution in [0.5, 0.6) is 0 Å². The van der Waals surface area contributed by atoms with E-state index in [4.69, 9.17) is 4.42 Å². The van der Waals surface area contributed by atoms with Crippen molar-refractivity contribution in [3.63, 3.8) is 0 Å². The van der Waals surface area contributed by atoms with Crippen LogP contribution in [0, 0.1) is 6.92 Å². The van der Waals surface area contributed by atoms with Gasteiger partial charge in [0.1, 0.15) is 5.76 Å². The molecule has 1 atom stereocenters. The van der Waals surface area contributed by atoms with E-state index in [9.17, 15) is 5.11 Å². The molecule has 0 saturated carbocycles. The van der Waals surface area contributed by atoms with Gasteiger partial charge in [0.25, 0.3) is 0 Å². The molecule has 0 aliphatic carbocycles. The van der Waals surface area contributed by atoms with Crippen LogP contribution in [-0.2, 0) is 0 Å². The topological polar surface area (TPSA) is 45.4 Å². The van der Waals surface area contributed by atoms with E-state index < -0.39 is 0 Å². The van der Waals surface area contributed by atoms with E-state index in [1.165, 1.54) is 4.90 Å². The molecule has 98 valence electrons. The molecule has 0 aromatic carbocycles. The minimum absolute atomic E-state index is 0.105. The van der Waals surface area contributed by atoms with Gasteiger partial charge >= 0.3 is 0 Å². The molecule has 0 aliphatic rings. The van der Waals surface area contributed by atoms with Crippen molar-refractivity contribution in [3.8, 4) is 0 Å². The first-order chi connectivity index (χ1) is 8.17. The monoisotopic (exact) mass is 257 g/mol. The zero-order valence-electron chi connectivity index (χ0n) is 11.0. The number of nitrogens with one attached hydrogen (secondary N) is 1. The van der Waals surface area contributed by atoms with Gasteiger partial charge in [-0.15, -0.1) is 11.8 Å². The van der Waals surface area contributed by atoms with Gasteiger partial charge in [0.2, 0.25) is 0 Å². The Hall–Kier alpha value is -0.450. The first-order valence-corrected chi connectivity index (χ1v) is 7.12. The average molecular weight is 257 g/mol. The maximum atomic E-state index is 9.42. The molecule has 1 aromatic rings. The number of aliphatic hydroxyl groups is 1. The number of hydrogen-bond acceptors (Lipinski definition) is 4. The van der Waals surface area contributed by atoms with Crippen molar-refractivity contribution in [2.24, 2.45) is 0 Å². The zero-order chi connectivity index (χ0) is 12.7. The van der Waals surface area contributed by atoms with Gasteiger partial charge in [-0.05, 0) is 45.1 Å². The van der Waals surface area contributed by atoms with Gasteiger partial charge < -0.3 is 14.8 Å². The first kappa shape index (κ1) is 14.6. The summed E-state index contributed by atoms with van der Waals surface area (Å²) < 4.78 is 5.25. The summed E-state index contributed by atoms with van der Waals surface area (Å²) in [5.41, 5.74) is -0.105. The molecule has 2 N–H and O–H groups in total. The predicted octanol–water partition coefficient (Wildman–Crippen LogP) is 2.82. The third-order valence-corrected chi connectivity index (χ3v) is 4.61. The second-order valence-electron chi connectivity index (χ2n) is 4.34. The highest BCUT2D eigenvalue weighted by atomic mass is 32.2. The molecule has 3 nitrogen and oxygen atoms in total. The lowest BCUT2D eigenvalue weighted by Crippen LogP contribution is -2.45. The summed E-state index contributed by atoms with van der Waals surface area (Å²) in [5, 5.41) is 12.7. The van der Waals surface area contributed by atoms with Gasteiger partial charge in [0.05, 0.1) is 12.9 Å². The predicted molar refractivity (Wildman–Crippen MR) is 72.6 cm³/mol. The number of aliphatic hydroxyl groups excluding tert-OH is 1. The van der Waals surface area contributed by atoms with E-state index in [0.717, 1.165) is 30.8 Å². The van der Waals surface area contributed by atoms with Gasteiger partial charge in [0.15, 0.2) is 0 Å². The Morgan fingerprint density at radius 1 is 1.53 bits per heavy atom. The molecule has 1 unspecified atom stereocenters. The summed E-state index contributed by atoms with van der Waals surface area (Å²) in [6.07, 6.45) is 4.77. The highest BCUT2D eigenvalue weighted by Gasteiger charge is 2.24. The van der Waals surface area contributed by atoms with Crippen LogP contribution in [0.3, 0.4) is 0 Å². The summed E-state index contributed by atoms with van der Waals surface area (Å²) in [6, 6.07) is 2.01. The summed E-state index contributed by atoms with van der Waals surface area (Å²) in [5.74, 6) is 2.05. The molecule has 0 saturated heterocycles. The Morgan fingerprint density at radius 3 is 2.76 bits per heavy atom. The first-order valence-electron chi connectivity index (χ1n) is 6.14. The van der Waals surface area contributed by atoms with Crippen LogP contribution in [-0.4, -0.2) is 30.1 Å². The Kier molecular flexibility index (Phi) is 6.09. The minimum atomic E-state index is -0.105. The van der Waals surface area contributed by atoms with Crippen LogP contribution in [0.15, 0.2) is 21.6 Å². The molecule has 0 amide bonds. The molecule has 0 bridgehead atoms. The maximum absolute atomic E-state index is 9.42. The second-order valence-corrected chi connectivity index (χ2v) is 5.47. The lowest BCUT2D eigenvalue weighted by Gasteiger charge is -2.30. The van der Waals surface area contributed by atoms with E-state index in [-0.39, 0.29) is 12.1 Å². The molecule has 1 rings (SSSR count). The fourth-order valence-electron chi connectivity index (χ4n) is 1.86. The number of aryl methyl sites for hydroxylation is 1. The fourth-order valence-corrected chi connectivity index (χ4v) is 2.78. The van der Waals surface area contributed by atoms with Crippen molar-refractivity contribution in [2.45, 2.75) is 43.5 Å². The highest BCUT2D eigenvalue weighted by molar-refractivity contribution is 7.99. The SMILES string of the molecule is CCC(CO)(CCCSc1ccoc1C)NC. The normalized spacial score (nSPS) is 14.8. The lowest BCUT2D eigenvalue weighted by molar-refractivity contribution is 0.154. The van der Waals surface area contributed by atoms with Gasteiger partial charge in [-0.3, -0.25) is 0 Å². The van der Waals surface area contributed by atoms with Crippen molar-refractivity contribution < 1.29 is 9.52 Å². The molecular weight excluding hydrogens is 234 g/mol. The maximum Gasteiger partial charge on any atom is 0.114 e. The second kappa shape index (κ2) is 7.09.